The quantitative estimate of drug-likeness (QED) is 0.816. The number of hydrogen-bond acceptors (Lipinski definition) is 4. The molecule has 0 bridgehead atoms. The molecule has 6 heteroatoms. The number of rotatable bonds is 6. The fraction of sp³-hybridized carbons (Fsp3) is 0.562. The molecular formula is C16H24N2O3S. The molecule has 22 heavy (non-hydrogen) atoms. The number of carbonyl (C=O) groups is 1. The van der Waals surface area contributed by atoms with Crippen LogP contribution >= 0.6 is 11.8 Å². The van der Waals surface area contributed by atoms with Crippen LogP contribution in [0.2, 0.25) is 0 Å². The van der Waals surface area contributed by atoms with E-state index in [1.54, 1.807) is 26.0 Å². The smallest absolute Gasteiger partial charge is 0.318 e. The highest BCUT2D eigenvalue weighted by atomic mass is 32.2. The minimum absolute atomic E-state index is 0.00618. The van der Waals surface area contributed by atoms with Crippen molar-refractivity contribution in [2.45, 2.75) is 25.1 Å². The number of benzene rings is 1. The lowest BCUT2D eigenvalue weighted by molar-refractivity contribution is 0.199. The second-order valence-electron chi connectivity index (χ2n) is 5.11. The Kier molecular flexibility index (Phi) is 6.24. The number of carbonyl (C=O) groups excluding carboxylic acids is 1. The van der Waals surface area contributed by atoms with E-state index in [1.165, 1.54) is 0 Å². The predicted molar refractivity (Wildman–Crippen MR) is 89.8 cm³/mol. The lowest BCUT2D eigenvalue weighted by atomic mass is 10.1. The molecule has 0 spiro atoms. The van der Waals surface area contributed by atoms with Crippen LogP contribution in [-0.4, -0.2) is 44.0 Å². The third-order valence-electron chi connectivity index (χ3n) is 3.66. The third kappa shape index (κ3) is 3.80. The molecule has 1 heterocycles. The molecule has 1 aromatic rings. The number of nitrogens with zero attached hydrogens (tertiary/aromatic N) is 1. The van der Waals surface area contributed by atoms with Crippen LogP contribution in [0.3, 0.4) is 0 Å². The van der Waals surface area contributed by atoms with Crippen molar-refractivity contribution in [1.29, 1.82) is 0 Å². The zero-order valence-electron chi connectivity index (χ0n) is 13.4. The number of unbranched alkanes of at least 4 members (excludes halogenated alkanes) is 1. The number of thioether (sulfide) groups is 1. The van der Waals surface area contributed by atoms with Crippen LogP contribution in [0.4, 0.5) is 4.79 Å². The van der Waals surface area contributed by atoms with E-state index in [0.29, 0.717) is 0 Å². The summed E-state index contributed by atoms with van der Waals surface area (Å²) in [5.41, 5.74) is 0.981. The standard InChI is InChI=1S/C16H24N2O3S/c1-4-5-8-17-16(19)18-9-10-22-15(18)13-11-12(20-2)6-7-14(13)21-3/h6-7,11,15H,4-5,8-10H2,1-3H3,(H,17,19)/t15-/m1/s1. The molecule has 1 N–H and O–H groups in total. The highest BCUT2D eigenvalue weighted by Gasteiger charge is 2.32. The van der Waals surface area contributed by atoms with Gasteiger partial charge in [0.05, 0.1) is 14.2 Å². The largest absolute Gasteiger partial charge is 0.497 e. The van der Waals surface area contributed by atoms with Gasteiger partial charge < -0.3 is 19.7 Å². The molecule has 1 fully saturated rings. The Labute approximate surface area is 136 Å². The second-order valence-corrected chi connectivity index (χ2v) is 6.30. The van der Waals surface area contributed by atoms with Crippen LogP contribution in [-0.2, 0) is 0 Å². The zero-order chi connectivity index (χ0) is 15.9. The van der Waals surface area contributed by atoms with Gasteiger partial charge in [-0.05, 0) is 24.6 Å². The van der Waals surface area contributed by atoms with Gasteiger partial charge in [0.1, 0.15) is 16.9 Å². The number of methoxy groups -OCH3 is 2. The summed E-state index contributed by atoms with van der Waals surface area (Å²) >= 11 is 1.75. The van der Waals surface area contributed by atoms with E-state index in [9.17, 15) is 4.79 Å². The van der Waals surface area contributed by atoms with Gasteiger partial charge >= 0.3 is 6.03 Å². The number of hydrogen-bond donors (Lipinski definition) is 1. The summed E-state index contributed by atoms with van der Waals surface area (Å²) in [6.07, 6.45) is 2.07. The van der Waals surface area contributed by atoms with E-state index in [-0.39, 0.29) is 11.4 Å². The lowest BCUT2D eigenvalue weighted by Gasteiger charge is -2.26. The van der Waals surface area contributed by atoms with Gasteiger partial charge in [-0.3, -0.25) is 0 Å². The van der Waals surface area contributed by atoms with Crippen LogP contribution in [0, 0.1) is 0 Å². The van der Waals surface area contributed by atoms with Gasteiger partial charge in [0.2, 0.25) is 0 Å². The van der Waals surface area contributed by atoms with Crippen LogP contribution in [0.25, 0.3) is 0 Å². The topological polar surface area (TPSA) is 50.8 Å². The molecule has 1 atom stereocenters. The van der Waals surface area contributed by atoms with E-state index in [2.05, 4.69) is 12.2 Å². The van der Waals surface area contributed by atoms with E-state index in [1.807, 2.05) is 23.1 Å². The molecule has 122 valence electrons. The molecule has 1 saturated heterocycles. The monoisotopic (exact) mass is 324 g/mol. The molecule has 5 nitrogen and oxygen atoms in total. The molecule has 2 amide bonds. The summed E-state index contributed by atoms with van der Waals surface area (Å²) in [6, 6.07) is 5.70. The van der Waals surface area contributed by atoms with Crippen molar-refractivity contribution in [2.24, 2.45) is 0 Å². The molecule has 0 unspecified atom stereocenters. The maximum atomic E-state index is 12.4. The maximum Gasteiger partial charge on any atom is 0.318 e. The van der Waals surface area contributed by atoms with Crippen molar-refractivity contribution in [3.63, 3.8) is 0 Å². The van der Waals surface area contributed by atoms with E-state index < -0.39 is 0 Å². The van der Waals surface area contributed by atoms with Crippen molar-refractivity contribution < 1.29 is 14.3 Å². The average Bonchev–Trinajstić information content (AvgIpc) is 3.03. The fourth-order valence-corrected chi connectivity index (χ4v) is 3.71. The second kappa shape index (κ2) is 8.17. The predicted octanol–water partition coefficient (Wildman–Crippen LogP) is 3.26. The van der Waals surface area contributed by atoms with Crippen molar-refractivity contribution in [3.8, 4) is 11.5 Å². The Hall–Kier alpha value is -1.56. The van der Waals surface area contributed by atoms with Gasteiger partial charge in [-0.25, -0.2) is 4.79 Å². The number of urea groups is 1. The number of ether oxygens (including phenoxy) is 2. The molecule has 0 radical (unpaired) electrons. The molecule has 0 aromatic heterocycles. The van der Waals surface area contributed by atoms with Gasteiger partial charge in [0, 0.05) is 24.4 Å². The van der Waals surface area contributed by atoms with Gasteiger partial charge in [-0.2, -0.15) is 0 Å². The van der Waals surface area contributed by atoms with E-state index >= 15 is 0 Å². The molecule has 2 rings (SSSR count). The van der Waals surface area contributed by atoms with Gasteiger partial charge in [-0.15, -0.1) is 11.8 Å². The highest BCUT2D eigenvalue weighted by Crippen LogP contribution is 2.43. The van der Waals surface area contributed by atoms with E-state index in [4.69, 9.17) is 9.47 Å². The van der Waals surface area contributed by atoms with Crippen molar-refractivity contribution >= 4 is 17.8 Å². The van der Waals surface area contributed by atoms with Crippen LogP contribution in [0.15, 0.2) is 18.2 Å². The first-order valence-electron chi connectivity index (χ1n) is 7.59. The summed E-state index contributed by atoms with van der Waals surface area (Å²) in [7, 11) is 3.29. The van der Waals surface area contributed by atoms with Crippen LogP contribution in [0.1, 0.15) is 30.7 Å². The first-order chi connectivity index (χ1) is 10.7. The highest BCUT2D eigenvalue weighted by molar-refractivity contribution is 7.99. The number of nitrogens with one attached hydrogen (secondary N) is 1. The minimum atomic E-state index is -0.0355. The Morgan fingerprint density at radius 2 is 2.23 bits per heavy atom. The van der Waals surface area contributed by atoms with Crippen molar-refractivity contribution in [2.75, 3.05) is 33.1 Å². The summed E-state index contributed by atoms with van der Waals surface area (Å²) in [6.45, 7) is 3.58. The molecule has 1 aliphatic rings. The lowest BCUT2D eigenvalue weighted by Crippen LogP contribution is -2.39. The minimum Gasteiger partial charge on any atom is -0.497 e. The molecular weight excluding hydrogens is 300 g/mol. The molecule has 1 aliphatic heterocycles. The fourth-order valence-electron chi connectivity index (χ4n) is 2.44. The zero-order valence-corrected chi connectivity index (χ0v) is 14.2. The Balaban J connectivity index is 2.17. The Morgan fingerprint density at radius 3 is 2.91 bits per heavy atom. The molecule has 0 saturated carbocycles. The van der Waals surface area contributed by atoms with Crippen LogP contribution < -0.4 is 14.8 Å². The number of amides is 2. The summed E-state index contributed by atoms with van der Waals surface area (Å²) < 4.78 is 10.8. The summed E-state index contributed by atoms with van der Waals surface area (Å²) in [5.74, 6) is 2.48. The maximum absolute atomic E-state index is 12.4. The Morgan fingerprint density at radius 1 is 1.41 bits per heavy atom. The van der Waals surface area contributed by atoms with Gasteiger partial charge in [0.15, 0.2) is 0 Å². The first-order valence-corrected chi connectivity index (χ1v) is 8.64. The summed E-state index contributed by atoms with van der Waals surface area (Å²) in [5, 5.41) is 2.96. The van der Waals surface area contributed by atoms with Gasteiger partial charge in [0.25, 0.3) is 0 Å². The van der Waals surface area contributed by atoms with Crippen LogP contribution in [0.5, 0.6) is 11.5 Å². The third-order valence-corrected chi connectivity index (χ3v) is 4.90. The van der Waals surface area contributed by atoms with E-state index in [0.717, 1.165) is 48.7 Å². The van der Waals surface area contributed by atoms with Crippen molar-refractivity contribution in [3.05, 3.63) is 23.8 Å². The van der Waals surface area contributed by atoms with Crippen molar-refractivity contribution in [1.82, 2.24) is 10.2 Å². The van der Waals surface area contributed by atoms with Gasteiger partial charge in [-0.1, -0.05) is 13.3 Å². The SMILES string of the molecule is CCCCNC(=O)N1CCS[C@@H]1c1cc(OC)ccc1OC. The molecule has 1 aromatic carbocycles. The average molecular weight is 324 g/mol. The Bertz CT molecular complexity index is 510. The summed E-state index contributed by atoms with van der Waals surface area (Å²) in [4.78, 5) is 14.3. The first kappa shape index (κ1) is 16.8. The normalized spacial score (nSPS) is 17.4. The molecule has 0 aliphatic carbocycles.